The number of thioether (sulfide) groups is 1. The lowest BCUT2D eigenvalue weighted by Crippen LogP contribution is -2.43. The fraction of sp³-hybridized carbons (Fsp3) is 0.208. The predicted octanol–water partition coefficient (Wildman–Crippen LogP) is 3.28. The minimum absolute atomic E-state index is 0.304. The number of allylic oxidation sites excluding steroid dienone is 1. The second-order valence-corrected chi connectivity index (χ2v) is 8.54. The van der Waals surface area contributed by atoms with Gasteiger partial charge in [0.25, 0.3) is 11.5 Å². The lowest BCUT2D eigenvalue weighted by Gasteiger charge is -2.31. The molecule has 2 aromatic carbocycles. The number of fused-ring (bicyclic) bond motifs is 1. The molecule has 2 N–H and O–H groups in total. The van der Waals surface area contributed by atoms with Gasteiger partial charge in [0.05, 0.1) is 11.5 Å². The van der Waals surface area contributed by atoms with E-state index < -0.39 is 17.2 Å². The van der Waals surface area contributed by atoms with E-state index in [1.165, 1.54) is 11.6 Å². The van der Waals surface area contributed by atoms with Crippen molar-refractivity contribution in [1.82, 2.24) is 9.13 Å². The van der Waals surface area contributed by atoms with Gasteiger partial charge in [-0.3, -0.25) is 18.7 Å². The van der Waals surface area contributed by atoms with E-state index in [2.05, 4.69) is 10.6 Å². The maximum Gasteiger partial charge on any atom is 0.332 e. The number of carbonyl (C=O) groups excluding carboxylic acids is 1. The molecule has 4 rings (SSSR count). The van der Waals surface area contributed by atoms with E-state index in [-0.39, 0.29) is 5.91 Å². The van der Waals surface area contributed by atoms with Crippen LogP contribution in [0.2, 0.25) is 0 Å². The van der Waals surface area contributed by atoms with E-state index in [0.717, 1.165) is 15.0 Å². The molecule has 1 aromatic heterocycles. The summed E-state index contributed by atoms with van der Waals surface area (Å²) >= 11 is 1.61. The number of anilines is 2. The van der Waals surface area contributed by atoms with Crippen LogP contribution in [-0.2, 0) is 18.9 Å². The number of nitrogens with zero attached hydrogens (tertiary/aromatic N) is 2. The van der Waals surface area contributed by atoms with E-state index in [9.17, 15) is 14.4 Å². The highest BCUT2D eigenvalue weighted by Gasteiger charge is 2.36. The smallest absolute Gasteiger partial charge is 0.332 e. The first-order chi connectivity index (χ1) is 15.3. The van der Waals surface area contributed by atoms with Crippen molar-refractivity contribution in [2.75, 3.05) is 16.9 Å². The summed E-state index contributed by atoms with van der Waals surface area (Å²) in [5, 5.41) is 6.08. The Bertz CT molecular complexity index is 1340. The van der Waals surface area contributed by atoms with Crippen molar-refractivity contribution in [2.24, 2.45) is 14.1 Å². The molecule has 1 aliphatic heterocycles. The van der Waals surface area contributed by atoms with Crippen molar-refractivity contribution in [3.63, 3.8) is 0 Å². The maximum atomic E-state index is 13.5. The molecule has 0 bridgehead atoms. The van der Waals surface area contributed by atoms with Crippen molar-refractivity contribution in [3.05, 3.63) is 97.8 Å². The molecule has 164 valence electrons. The van der Waals surface area contributed by atoms with Crippen molar-refractivity contribution < 1.29 is 4.79 Å². The van der Waals surface area contributed by atoms with Crippen LogP contribution < -0.4 is 21.9 Å². The van der Waals surface area contributed by atoms with Gasteiger partial charge in [0.15, 0.2) is 0 Å². The first kappa shape index (κ1) is 21.7. The molecule has 32 heavy (non-hydrogen) atoms. The Balaban J connectivity index is 1.93. The van der Waals surface area contributed by atoms with E-state index in [1.54, 1.807) is 25.7 Å². The first-order valence-corrected chi connectivity index (χ1v) is 11.3. The van der Waals surface area contributed by atoms with Gasteiger partial charge < -0.3 is 10.6 Å². The Morgan fingerprint density at radius 1 is 1.00 bits per heavy atom. The molecule has 8 heteroatoms. The molecule has 1 amide bonds. The average molecular weight is 449 g/mol. The van der Waals surface area contributed by atoms with Crippen LogP contribution in [-0.4, -0.2) is 21.3 Å². The number of benzene rings is 2. The second-order valence-electron chi connectivity index (χ2n) is 7.66. The normalized spacial score (nSPS) is 15.2. The second kappa shape index (κ2) is 8.55. The van der Waals surface area contributed by atoms with Crippen molar-refractivity contribution >= 4 is 29.2 Å². The molecule has 0 fully saturated rings. The molecule has 0 saturated heterocycles. The number of hydrogen-bond donors (Lipinski definition) is 2. The first-order valence-electron chi connectivity index (χ1n) is 10.1. The monoisotopic (exact) mass is 448 g/mol. The van der Waals surface area contributed by atoms with Gasteiger partial charge in [0.1, 0.15) is 5.82 Å². The zero-order valence-corrected chi connectivity index (χ0v) is 19.1. The van der Waals surface area contributed by atoms with E-state index in [0.29, 0.717) is 28.3 Å². The van der Waals surface area contributed by atoms with Gasteiger partial charge in [-0.05, 0) is 43.0 Å². The maximum absolute atomic E-state index is 13.5. The summed E-state index contributed by atoms with van der Waals surface area (Å²) in [5.41, 5.74) is 2.01. The summed E-state index contributed by atoms with van der Waals surface area (Å²) in [6, 6.07) is 17.0. The van der Waals surface area contributed by atoms with Gasteiger partial charge >= 0.3 is 5.69 Å². The van der Waals surface area contributed by atoms with E-state index in [4.69, 9.17) is 0 Å². The molecule has 0 spiro atoms. The highest BCUT2D eigenvalue weighted by molar-refractivity contribution is 7.98. The van der Waals surface area contributed by atoms with E-state index >= 15 is 0 Å². The Hall–Kier alpha value is -3.52. The molecule has 1 unspecified atom stereocenters. The van der Waals surface area contributed by atoms with Crippen LogP contribution in [0.5, 0.6) is 0 Å². The quantitative estimate of drug-likeness (QED) is 0.599. The van der Waals surface area contributed by atoms with Gasteiger partial charge in [0, 0.05) is 35.9 Å². The predicted molar refractivity (Wildman–Crippen MR) is 128 cm³/mol. The fourth-order valence-corrected chi connectivity index (χ4v) is 4.45. The van der Waals surface area contributed by atoms with E-state index in [1.807, 2.05) is 60.9 Å². The molecule has 7 nitrogen and oxygen atoms in total. The lowest BCUT2D eigenvalue weighted by molar-refractivity contribution is -0.113. The summed E-state index contributed by atoms with van der Waals surface area (Å²) in [7, 11) is 3.07. The molecule has 0 radical (unpaired) electrons. The zero-order valence-electron chi connectivity index (χ0n) is 18.3. The summed E-state index contributed by atoms with van der Waals surface area (Å²) in [4.78, 5) is 40.3. The molecular weight excluding hydrogens is 424 g/mol. The summed E-state index contributed by atoms with van der Waals surface area (Å²) < 4.78 is 2.49. The Morgan fingerprint density at radius 2 is 1.66 bits per heavy atom. The number of hydrogen-bond acceptors (Lipinski definition) is 5. The van der Waals surface area contributed by atoms with Gasteiger partial charge in [-0.1, -0.05) is 30.3 Å². The zero-order chi connectivity index (χ0) is 23.0. The number of nitrogens with one attached hydrogen (secondary N) is 2. The van der Waals surface area contributed by atoms with Crippen molar-refractivity contribution in [1.29, 1.82) is 0 Å². The number of amides is 1. The Morgan fingerprint density at radius 3 is 2.28 bits per heavy atom. The van der Waals surface area contributed by atoms with Gasteiger partial charge in [-0.15, -0.1) is 11.8 Å². The fourth-order valence-electron chi connectivity index (χ4n) is 4.04. The van der Waals surface area contributed by atoms with Crippen LogP contribution in [0.3, 0.4) is 0 Å². The lowest BCUT2D eigenvalue weighted by atomic mass is 9.81. The Labute approximate surface area is 189 Å². The molecule has 1 aliphatic rings. The SMILES string of the molecule is CSc1ccc(C2C(C(=O)Nc3ccccc3)=C(C)Nc3c2c(=O)n(C)c(=O)n3C)cc1. The average Bonchev–Trinajstić information content (AvgIpc) is 2.81. The largest absolute Gasteiger partial charge is 0.344 e. The molecular formula is C24H24N4O3S. The number of rotatable bonds is 4. The highest BCUT2D eigenvalue weighted by atomic mass is 32.2. The van der Waals surface area contributed by atoms with Crippen LogP contribution in [0.4, 0.5) is 11.5 Å². The molecule has 0 saturated carbocycles. The Kier molecular flexibility index (Phi) is 5.80. The van der Waals surface area contributed by atoms with Crippen molar-refractivity contribution in [2.45, 2.75) is 17.7 Å². The van der Waals surface area contributed by atoms with Crippen LogP contribution in [0.1, 0.15) is 24.0 Å². The topological polar surface area (TPSA) is 85.1 Å². The van der Waals surface area contributed by atoms with Crippen LogP contribution in [0.15, 0.2) is 80.4 Å². The number of carbonyl (C=O) groups is 1. The standard InChI is InChI=1S/C24H24N4O3S/c1-14-18(22(29)26-16-8-6-5-7-9-16)19(15-10-12-17(32-4)13-11-15)20-21(25-14)27(2)24(31)28(3)23(20)30/h5-13,19,25H,1-4H3,(H,26,29). The van der Waals surface area contributed by atoms with Crippen LogP contribution in [0, 0.1) is 0 Å². The van der Waals surface area contributed by atoms with Crippen LogP contribution >= 0.6 is 11.8 Å². The van der Waals surface area contributed by atoms with Gasteiger partial charge in [0.2, 0.25) is 0 Å². The summed E-state index contributed by atoms with van der Waals surface area (Å²) in [6.45, 7) is 1.79. The molecule has 2 heterocycles. The van der Waals surface area contributed by atoms with Gasteiger partial charge in [-0.25, -0.2) is 4.79 Å². The van der Waals surface area contributed by atoms with Gasteiger partial charge in [-0.2, -0.15) is 0 Å². The highest BCUT2D eigenvalue weighted by Crippen LogP contribution is 2.40. The number of para-hydroxylation sites is 1. The third-order valence-corrected chi connectivity index (χ3v) is 6.46. The third kappa shape index (κ3) is 3.67. The third-order valence-electron chi connectivity index (χ3n) is 5.71. The minimum Gasteiger partial charge on any atom is -0.344 e. The van der Waals surface area contributed by atoms with Crippen molar-refractivity contribution in [3.8, 4) is 0 Å². The summed E-state index contributed by atoms with van der Waals surface area (Å²) in [5.74, 6) is -0.524. The van der Waals surface area contributed by atoms with Crippen LogP contribution in [0.25, 0.3) is 0 Å². The molecule has 1 atom stereocenters. The summed E-state index contributed by atoms with van der Waals surface area (Å²) in [6.07, 6.45) is 1.99. The molecule has 3 aromatic rings. The number of aromatic nitrogens is 2. The molecule has 0 aliphatic carbocycles. The minimum atomic E-state index is -0.628.